The monoisotopic (exact) mass is 252 g/mol. The third-order valence-corrected chi connectivity index (χ3v) is 3.50. The average Bonchev–Trinajstić information content (AvgIpc) is 2.72. The fourth-order valence-electron chi connectivity index (χ4n) is 1.28. The van der Waals surface area contributed by atoms with Crippen molar-refractivity contribution in [3.63, 3.8) is 0 Å². The Kier molecular flexibility index (Phi) is 3.28. The third kappa shape index (κ3) is 2.55. The molecule has 0 radical (unpaired) electrons. The van der Waals surface area contributed by atoms with Crippen molar-refractivity contribution in [3.8, 4) is 0 Å². The second-order valence-corrected chi connectivity index (χ2v) is 4.80. The van der Waals surface area contributed by atoms with E-state index < -0.39 is 11.9 Å². The molecule has 0 aromatic carbocycles. The lowest BCUT2D eigenvalue weighted by molar-refractivity contribution is -0.140. The Morgan fingerprint density at radius 2 is 2.41 bits per heavy atom. The first-order chi connectivity index (χ1) is 8.08. The Labute approximate surface area is 102 Å². The number of hydrogen-bond acceptors (Lipinski definition) is 5. The summed E-state index contributed by atoms with van der Waals surface area (Å²) in [5, 5.41) is 13.7. The van der Waals surface area contributed by atoms with Gasteiger partial charge in [0.15, 0.2) is 0 Å². The summed E-state index contributed by atoms with van der Waals surface area (Å²) in [5.74, 6) is -0.158. The van der Waals surface area contributed by atoms with Crippen molar-refractivity contribution in [1.82, 2.24) is 19.6 Å². The topological polar surface area (TPSA) is 80.4 Å². The van der Waals surface area contributed by atoms with Crippen molar-refractivity contribution in [2.24, 2.45) is 5.92 Å². The first-order valence-corrected chi connectivity index (χ1v) is 6.09. The maximum absolute atomic E-state index is 10.7. The molecule has 0 aliphatic carbocycles. The highest BCUT2D eigenvalue weighted by molar-refractivity contribution is 7.99. The maximum Gasteiger partial charge on any atom is 0.307 e. The minimum Gasteiger partial charge on any atom is -0.481 e. The minimum absolute atomic E-state index is 0.396. The van der Waals surface area contributed by atoms with Crippen LogP contribution >= 0.6 is 11.8 Å². The first kappa shape index (κ1) is 11.8. The van der Waals surface area contributed by atoms with Gasteiger partial charge in [0.2, 0.25) is 0 Å². The summed E-state index contributed by atoms with van der Waals surface area (Å²) in [4.78, 5) is 19.0. The van der Waals surface area contributed by atoms with Crippen molar-refractivity contribution in [2.45, 2.75) is 18.9 Å². The van der Waals surface area contributed by atoms with Crippen molar-refractivity contribution in [3.05, 3.63) is 18.1 Å². The predicted octanol–water partition coefficient (Wildman–Crippen LogP) is 1.25. The Morgan fingerprint density at radius 3 is 3.12 bits per heavy atom. The lowest BCUT2D eigenvalue weighted by Crippen LogP contribution is -2.12. The van der Waals surface area contributed by atoms with Crippen molar-refractivity contribution in [2.75, 3.05) is 5.75 Å². The van der Waals surface area contributed by atoms with E-state index in [0.29, 0.717) is 11.5 Å². The lowest BCUT2D eigenvalue weighted by Gasteiger charge is -2.07. The Morgan fingerprint density at radius 1 is 1.65 bits per heavy atom. The molecule has 1 unspecified atom stereocenters. The normalized spacial score (nSPS) is 12.8. The molecular formula is C10H12N4O2S. The van der Waals surface area contributed by atoms with Gasteiger partial charge in [0.25, 0.3) is 5.78 Å². The van der Waals surface area contributed by atoms with Crippen molar-refractivity contribution < 1.29 is 9.90 Å². The number of carboxylic acid groups (broad SMARTS) is 1. The maximum atomic E-state index is 10.7. The van der Waals surface area contributed by atoms with Gasteiger partial charge in [-0.15, -0.1) is 11.8 Å². The number of aryl methyl sites for hydroxylation is 1. The molecule has 0 aliphatic rings. The molecule has 0 spiro atoms. The number of aromatic nitrogens is 4. The number of aliphatic carboxylic acids is 1. The fraction of sp³-hybridized carbons (Fsp3) is 0.400. The lowest BCUT2D eigenvalue weighted by atomic mass is 10.2. The van der Waals surface area contributed by atoms with E-state index in [4.69, 9.17) is 5.11 Å². The Bertz CT molecular complexity index is 554. The van der Waals surface area contributed by atoms with Crippen LogP contribution in [-0.4, -0.2) is 36.4 Å². The summed E-state index contributed by atoms with van der Waals surface area (Å²) in [6.45, 7) is 3.56. The van der Waals surface area contributed by atoms with Crippen LogP contribution in [0.15, 0.2) is 17.4 Å². The van der Waals surface area contributed by atoms with Crippen LogP contribution in [0.3, 0.4) is 0 Å². The van der Waals surface area contributed by atoms with E-state index in [1.165, 1.54) is 18.1 Å². The molecule has 1 N–H and O–H groups in total. The Hall–Kier alpha value is -1.63. The van der Waals surface area contributed by atoms with Gasteiger partial charge < -0.3 is 5.11 Å². The summed E-state index contributed by atoms with van der Waals surface area (Å²) in [7, 11) is 0. The minimum atomic E-state index is -0.793. The van der Waals surface area contributed by atoms with Crippen molar-refractivity contribution >= 4 is 23.5 Å². The Balaban J connectivity index is 2.23. The fourth-order valence-corrected chi connectivity index (χ4v) is 2.35. The first-order valence-electron chi connectivity index (χ1n) is 5.11. The van der Waals surface area contributed by atoms with Crippen LogP contribution in [0.5, 0.6) is 0 Å². The van der Waals surface area contributed by atoms with Gasteiger partial charge in [-0.1, -0.05) is 6.92 Å². The highest BCUT2D eigenvalue weighted by Crippen LogP contribution is 2.21. The van der Waals surface area contributed by atoms with Crippen LogP contribution in [0.25, 0.3) is 5.78 Å². The highest BCUT2D eigenvalue weighted by Gasteiger charge is 2.13. The summed E-state index contributed by atoms with van der Waals surface area (Å²) in [6.07, 6.45) is 1.44. The molecular weight excluding hydrogens is 240 g/mol. The molecule has 0 fully saturated rings. The smallest absolute Gasteiger partial charge is 0.307 e. The van der Waals surface area contributed by atoms with E-state index in [1.54, 1.807) is 11.4 Å². The molecule has 0 amide bonds. The molecule has 17 heavy (non-hydrogen) atoms. The molecule has 0 saturated carbocycles. The molecule has 1 atom stereocenters. The van der Waals surface area contributed by atoms with Crippen LogP contribution in [0.2, 0.25) is 0 Å². The van der Waals surface area contributed by atoms with E-state index in [2.05, 4.69) is 15.1 Å². The van der Waals surface area contributed by atoms with Crippen LogP contribution in [0, 0.1) is 12.8 Å². The van der Waals surface area contributed by atoms with Gasteiger partial charge in [0.1, 0.15) is 11.4 Å². The molecule has 0 bridgehead atoms. The molecule has 7 heteroatoms. The largest absolute Gasteiger partial charge is 0.481 e. The zero-order valence-electron chi connectivity index (χ0n) is 9.49. The van der Waals surface area contributed by atoms with Crippen LogP contribution in [0.4, 0.5) is 0 Å². The molecule has 0 aliphatic heterocycles. The van der Waals surface area contributed by atoms with Gasteiger partial charge in [-0.3, -0.25) is 4.79 Å². The van der Waals surface area contributed by atoms with Gasteiger partial charge in [-0.05, 0) is 13.0 Å². The molecule has 6 nitrogen and oxygen atoms in total. The molecule has 2 aromatic rings. The summed E-state index contributed by atoms with van der Waals surface area (Å²) < 4.78 is 1.62. The zero-order chi connectivity index (χ0) is 12.4. The zero-order valence-corrected chi connectivity index (χ0v) is 10.3. The molecule has 0 saturated heterocycles. The summed E-state index contributed by atoms with van der Waals surface area (Å²) in [6, 6.07) is 1.88. The van der Waals surface area contributed by atoms with Gasteiger partial charge in [0.05, 0.1) is 5.92 Å². The molecule has 2 aromatic heterocycles. The number of thioether (sulfide) groups is 1. The quantitative estimate of drug-likeness (QED) is 0.651. The standard InChI is InChI=1S/C10H12N4O2S/c1-6(9(15)16)4-17-8-3-7(2)13-10-11-5-12-14(8)10/h3,5-6H,4H2,1-2H3,(H,15,16). The molecule has 2 rings (SSSR count). The van der Waals surface area contributed by atoms with Gasteiger partial charge in [0, 0.05) is 11.4 Å². The summed E-state index contributed by atoms with van der Waals surface area (Å²) >= 11 is 1.44. The number of rotatable bonds is 4. The second-order valence-electron chi connectivity index (χ2n) is 3.76. The second kappa shape index (κ2) is 4.70. The summed E-state index contributed by atoms with van der Waals surface area (Å²) in [5.41, 5.74) is 0.843. The van der Waals surface area contributed by atoms with Crippen LogP contribution in [-0.2, 0) is 4.79 Å². The van der Waals surface area contributed by atoms with E-state index in [0.717, 1.165) is 10.7 Å². The van der Waals surface area contributed by atoms with E-state index in [9.17, 15) is 4.79 Å². The van der Waals surface area contributed by atoms with Crippen molar-refractivity contribution in [1.29, 1.82) is 0 Å². The van der Waals surface area contributed by atoms with Gasteiger partial charge >= 0.3 is 5.97 Å². The number of carbonyl (C=O) groups is 1. The van der Waals surface area contributed by atoms with E-state index in [1.807, 2.05) is 13.0 Å². The van der Waals surface area contributed by atoms with Gasteiger partial charge in [-0.2, -0.15) is 14.6 Å². The predicted molar refractivity (Wildman–Crippen MR) is 63.0 cm³/mol. The number of nitrogens with zero attached hydrogens (tertiary/aromatic N) is 4. The van der Waals surface area contributed by atoms with E-state index >= 15 is 0 Å². The van der Waals surface area contributed by atoms with Crippen LogP contribution < -0.4 is 0 Å². The van der Waals surface area contributed by atoms with E-state index in [-0.39, 0.29) is 0 Å². The molecule has 2 heterocycles. The average molecular weight is 252 g/mol. The highest BCUT2D eigenvalue weighted by atomic mass is 32.2. The third-order valence-electron chi connectivity index (χ3n) is 2.25. The molecule has 90 valence electrons. The number of carboxylic acids is 1. The van der Waals surface area contributed by atoms with Gasteiger partial charge in [-0.25, -0.2) is 4.98 Å². The van der Waals surface area contributed by atoms with Crippen LogP contribution in [0.1, 0.15) is 12.6 Å². The number of fused-ring (bicyclic) bond motifs is 1. The number of hydrogen-bond donors (Lipinski definition) is 1. The SMILES string of the molecule is Cc1cc(SCC(C)C(=O)O)n2ncnc2n1.